The number of carbonyl (C=O) groups is 1. The first-order chi connectivity index (χ1) is 11.6. The molecule has 0 N–H and O–H groups in total. The molecule has 7 heteroatoms. The van der Waals surface area contributed by atoms with Gasteiger partial charge >= 0.3 is 0 Å². The van der Waals surface area contributed by atoms with Crippen molar-refractivity contribution >= 4 is 34.2 Å². The number of thioether (sulfide) groups is 1. The second-order valence-corrected chi connectivity index (χ2v) is 6.31. The van der Waals surface area contributed by atoms with Gasteiger partial charge in [0.25, 0.3) is 11.6 Å². The number of anilines is 1. The Kier molecular flexibility index (Phi) is 4.61. The third-order valence-electron chi connectivity index (χ3n) is 3.63. The van der Waals surface area contributed by atoms with E-state index in [1.807, 2.05) is 30.3 Å². The Labute approximate surface area is 143 Å². The van der Waals surface area contributed by atoms with Crippen molar-refractivity contribution in [2.75, 3.05) is 17.2 Å². The predicted molar refractivity (Wildman–Crippen MR) is 95.8 cm³/mol. The summed E-state index contributed by atoms with van der Waals surface area (Å²) in [4.78, 5) is 29.5. The SMILES string of the molecule is Cc1cc([N+](=O)[O-])ccc1C(=O)N(C1=NCCS1)c1ccccc1. The average Bonchev–Trinajstić information content (AvgIpc) is 3.10. The zero-order valence-corrected chi connectivity index (χ0v) is 13.8. The molecule has 2 aromatic carbocycles. The van der Waals surface area contributed by atoms with E-state index in [1.165, 1.54) is 30.0 Å². The summed E-state index contributed by atoms with van der Waals surface area (Å²) in [6.45, 7) is 2.38. The van der Waals surface area contributed by atoms with Crippen LogP contribution in [0, 0.1) is 17.0 Å². The van der Waals surface area contributed by atoms with Gasteiger partial charge in [-0.1, -0.05) is 30.0 Å². The van der Waals surface area contributed by atoms with E-state index < -0.39 is 4.92 Å². The van der Waals surface area contributed by atoms with Gasteiger partial charge in [-0.05, 0) is 30.7 Å². The van der Waals surface area contributed by atoms with Gasteiger partial charge in [0.2, 0.25) is 0 Å². The lowest BCUT2D eigenvalue weighted by atomic mass is 10.1. The zero-order chi connectivity index (χ0) is 17.1. The number of benzene rings is 2. The number of carbonyl (C=O) groups excluding carboxylic acids is 1. The maximum absolute atomic E-state index is 13.1. The second-order valence-electron chi connectivity index (χ2n) is 5.25. The van der Waals surface area contributed by atoms with Gasteiger partial charge in [-0.25, -0.2) is 0 Å². The van der Waals surface area contributed by atoms with Gasteiger partial charge in [0.1, 0.15) is 0 Å². The first-order valence-electron chi connectivity index (χ1n) is 7.40. The van der Waals surface area contributed by atoms with E-state index in [9.17, 15) is 14.9 Å². The summed E-state index contributed by atoms with van der Waals surface area (Å²) in [6.07, 6.45) is 0. The zero-order valence-electron chi connectivity index (χ0n) is 13.0. The molecule has 0 unspecified atom stereocenters. The Morgan fingerprint density at radius 2 is 2.00 bits per heavy atom. The number of non-ortho nitro benzene ring substituents is 1. The lowest BCUT2D eigenvalue weighted by Crippen LogP contribution is -2.35. The smallest absolute Gasteiger partial charge is 0.268 e. The van der Waals surface area contributed by atoms with Crippen LogP contribution < -0.4 is 4.90 Å². The summed E-state index contributed by atoms with van der Waals surface area (Å²) in [5.41, 5.74) is 1.70. The van der Waals surface area contributed by atoms with Crippen molar-refractivity contribution in [3.63, 3.8) is 0 Å². The third-order valence-corrected chi connectivity index (χ3v) is 4.59. The van der Waals surface area contributed by atoms with E-state index in [0.717, 1.165) is 11.4 Å². The van der Waals surface area contributed by atoms with Crippen LogP contribution in [0.2, 0.25) is 0 Å². The van der Waals surface area contributed by atoms with Crippen molar-refractivity contribution in [1.82, 2.24) is 0 Å². The number of para-hydroxylation sites is 1. The first-order valence-corrected chi connectivity index (χ1v) is 8.38. The fraction of sp³-hybridized carbons (Fsp3) is 0.176. The fourth-order valence-corrected chi connectivity index (χ4v) is 3.34. The Bertz CT molecular complexity index is 821. The minimum Gasteiger partial charge on any atom is -0.268 e. The third kappa shape index (κ3) is 3.16. The molecule has 1 heterocycles. The van der Waals surface area contributed by atoms with Gasteiger partial charge in [-0.2, -0.15) is 0 Å². The standard InChI is InChI=1S/C17H15N3O3S/c1-12-11-14(20(22)23)7-8-15(12)16(21)19(17-18-9-10-24-17)13-5-3-2-4-6-13/h2-8,11H,9-10H2,1H3. The lowest BCUT2D eigenvalue weighted by Gasteiger charge is -2.22. The predicted octanol–water partition coefficient (Wildman–Crippen LogP) is 3.65. The van der Waals surface area contributed by atoms with Crippen LogP contribution in [0.5, 0.6) is 0 Å². The molecule has 0 spiro atoms. The monoisotopic (exact) mass is 341 g/mol. The Morgan fingerprint density at radius 3 is 2.58 bits per heavy atom. The molecule has 0 aromatic heterocycles. The van der Waals surface area contributed by atoms with Gasteiger partial charge in [0.05, 0.1) is 17.2 Å². The van der Waals surface area contributed by atoms with Gasteiger partial charge in [0, 0.05) is 23.4 Å². The van der Waals surface area contributed by atoms with Crippen molar-refractivity contribution in [2.45, 2.75) is 6.92 Å². The summed E-state index contributed by atoms with van der Waals surface area (Å²) < 4.78 is 0. The minimum absolute atomic E-state index is 0.0251. The van der Waals surface area contributed by atoms with Gasteiger partial charge in [-0.3, -0.25) is 24.8 Å². The van der Waals surface area contributed by atoms with Crippen molar-refractivity contribution in [3.8, 4) is 0 Å². The molecular weight excluding hydrogens is 326 g/mol. The maximum Gasteiger partial charge on any atom is 0.269 e. The van der Waals surface area contributed by atoms with E-state index in [-0.39, 0.29) is 11.6 Å². The normalized spacial score (nSPS) is 13.5. The van der Waals surface area contributed by atoms with Crippen LogP contribution in [0.3, 0.4) is 0 Å². The summed E-state index contributed by atoms with van der Waals surface area (Å²) in [7, 11) is 0. The van der Waals surface area contributed by atoms with Crippen LogP contribution in [0.4, 0.5) is 11.4 Å². The molecular formula is C17H15N3O3S. The molecule has 1 aliphatic heterocycles. The molecule has 0 radical (unpaired) electrons. The van der Waals surface area contributed by atoms with Crippen LogP contribution in [-0.4, -0.2) is 28.3 Å². The molecule has 0 saturated heterocycles. The topological polar surface area (TPSA) is 75.8 Å². The first kappa shape index (κ1) is 16.2. The number of aliphatic imine (C=N–C) groups is 1. The number of amidine groups is 1. The van der Waals surface area contributed by atoms with E-state index in [1.54, 1.807) is 11.8 Å². The van der Waals surface area contributed by atoms with Crippen LogP contribution in [0.25, 0.3) is 0 Å². The Balaban J connectivity index is 2.02. The molecule has 24 heavy (non-hydrogen) atoms. The minimum atomic E-state index is -0.465. The van der Waals surface area contributed by atoms with E-state index >= 15 is 0 Å². The number of nitrogens with zero attached hydrogens (tertiary/aromatic N) is 3. The van der Waals surface area contributed by atoms with Crippen LogP contribution in [0.15, 0.2) is 53.5 Å². The van der Waals surface area contributed by atoms with E-state index in [4.69, 9.17) is 0 Å². The number of aryl methyl sites for hydroxylation is 1. The highest BCUT2D eigenvalue weighted by atomic mass is 32.2. The summed E-state index contributed by atoms with van der Waals surface area (Å²) in [6, 6.07) is 13.6. The van der Waals surface area contributed by atoms with Crippen molar-refractivity contribution in [3.05, 3.63) is 69.8 Å². The molecule has 1 aliphatic rings. The Hall–Kier alpha value is -2.67. The molecule has 6 nitrogen and oxygen atoms in total. The maximum atomic E-state index is 13.1. The lowest BCUT2D eigenvalue weighted by molar-refractivity contribution is -0.384. The number of rotatable bonds is 3. The van der Waals surface area contributed by atoms with Crippen LogP contribution in [0.1, 0.15) is 15.9 Å². The highest BCUT2D eigenvalue weighted by Gasteiger charge is 2.27. The molecule has 0 aliphatic carbocycles. The molecule has 0 atom stereocenters. The number of nitro groups is 1. The van der Waals surface area contributed by atoms with Gasteiger partial charge in [0.15, 0.2) is 5.17 Å². The van der Waals surface area contributed by atoms with Crippen LogP contribution in [-0.2, 0) is 0 Å². The summed E-state index contributed by atoms with van der Waals surface area (Å²) in [5, 5.41) is 11.5. The number of hydrogen-bond acceptors (Lipinski definition) is 5. The summed E-state index contributed by atoms with van der Waals surface area (Å²) in [5.74, 6) is 0.604. The number of nitro benzene ring substituents is 1. The van der Waals surface area contributed by atoms with E-state index in [0.29, 0.717) is 22.8 Å². The second kappa shape index (κ2) is 6.84. The van der Waals surface area contributed by atoms with Crippen LogP contribution >= 0.6 is 11.8 Å². The highest BCUT2D eigenvalue weighted by molar-refractivity contribution is 8.14. The Morgan fingerprint density at radius 1 is 1.25 bits per heavy atom. The largest absolute Gasteiger partial charge is 0.269 e. The molecule has 3 rings (SSSR count). The average molecular weight is 341 g/mol. The summed E-state index contributed by atoms with van der Waals surface area (Å²) >= 11 is 1.53. The molecule has 0 bridgehead atoms. The highest BCUT2D eigenvalue weighted by Crippen LogP contribution is 2.27. The van der Waals surface area contributed by atoms with Gasteiger partial charge < -0.3 is 0 Å². The quantitative estimate of drug-likeness (QED) is 0.631. The van der Waals surface area contributed by atoms with Crippen molar-refractivity contribution in [2.24, 2.45) is 4.99 Å². The fourth-order valence-electron chi connectivity index (χ4n) is 2.47. The number of hydrogen-bond donors (Lipinski definition) is 0. The molecule has 2 aromatic rings. The van der Waals surface area contributed by atoms with Gasteiger partial charge in [-0.15, -0.1) is 0 Å². The molecule has 0 fully saturated rings. The molecule has 1 amide bonds. The molecule has 122 valence electrons. The van der Waals surface area contributed by atoms with E-state index in [2.05, 4.69) is 4.99 Å². The number of amides is 1. The van der Waals surface area contributed by atoms with Crippen molar-refractivity contribution in [1.29, 1.82) is 0 Å². The van der Waals surface area contributed by atoms with Crippen molar-refractivity contribution < 1.29 is 9.72 Å². The molecule has 0 saturated carbocycles.